The van der Waals surface area contributed by atoms with Gasteiger partial charge in [0.1, 0.15) is 28.7 Å². The van der Waals surface area contributed by atoms with Gasteiger partial charge in [-0.05, 0) is 41.9 Å². The molecule has 0 saturated carbocycles. The fourth-order valence-corrected chi connectivity index (χ4v) is 7.51. The van der Waals surface area contributed by atoms with E-state index < -0.39 is 35.8 Å². The molecule has 0 saturated heterocycles. The van der Waals surface area contributed by atoms with Gasteiger partial charge < -0.3 is 14.6 Å². The molecule has 2 aromatic carbocycles. The van der Waals surface area contributed by atoms with Gasteiger partial charge in [0.2, 0.25) is 16.0 Å². The van der Waals surface area contributed by atoms with E-state index >= 15 is 0 Å². The van der Waals surface area contributed by atoms with Crippen LogP contribution in [0.3, 0.4) is 0 Å². The Labute approximate surface area is 254 Å². The number of hydrogen-bond donors (Lipinski definition) is 1. The maximum Gasteiger partial charge on any atom is 0.246 e. The van der Waals surface area contributed by atoms with Gasteiger partial charge in [-0.3, -0.25) is 9.25 Å². The van der Waals surface area contributed by atoms with Crippen LogP contribution in [0.1, 0.15) is 11.7 Å². The Balaban J connectivity index is 1.93. The number of aliphatic hydroxyl groups excluding tert-OH is 1. The number of nitrogens with zero attached hydrogens (tertiary/aromatic N) is 6. The van der Waals surface area contributed by atoms with Crippen LogP contribution in [0.4, 0.5) is 10.3 Å². The maximum atomic E-state index is 14.2. The van der Waals surface area contributed by atoms with Crippen molar-refractivity contribution in [1.29, 1.82) is 0 Å². The third-order valence-corrected chi connectivity index (χ3v) is 10.7. The Kier molecular flexibility index (Phi) is 9.45. The van der Waals surface area contributed by atoms with Crippen molar-refractivity contribution in [2.24, 2.45) is 7.05 Å². The molecule has 0 aliphatic heterocycles. The van der Waals surface area contributed by atoms with Gasteiger partial charge >= 0.3 is 0 Å². The summed E-state index contributed by atoms with van der Waals surface area (Å²) in [5, 5.41) is 24.3. The van der Waals surface area contributed by atoms with E-state index in [4.69, 9.17) is 9.47 Å². The standard InChI is InChI=1S/C27H34BrFN6O5SSi/c1-33-13-12-21(32-33)26-30-31-27(35(26)25-23(39-2)8-7-9-24(25)40-3)34(14-15-42(4,5)6)41(37,38)17-22(36)19-11-10-18(29)16-20(19)28/h7-13,16,22,36H,14-15,17H2,1-6H3/t22-/m1/s1. The number of rotatable bonds is 12. The van der Waals surface area contributed by atoms with E-state index in [0.717, 1.165) is 0 Å². The molecule has 0 radical (unpaired) electrons. The number of sulfonamides is 1. The predicted molar refractivity (Wildman–Crippen MR) is 165 cm³/mol. The second kappa shape index (κ2) is 12.5. The zero-order chi connectivity index (χ0) is 30.8. The van der Waals surface area contributed by atoms with E-state index in [-0.39, 0.29) is 28.4 Å². The van der Waals surface area contributed by atoms with Gasteiger partial charge in [0.25, 0.3) is 0 Å². The normalized spacial score (nSPS) is 12.8. The van der Waals surface area contributed by atoms with Crippen LogP contribution in [-0.2, 0) is 17.1 Å². The first-order valence-corrected chi connectivity index (χ1v) is 19.2. The molecule has 42 heavy (non-hydrogen) atoms. The van der Waals surface area contributed by atoms with E-state index in [0.29, 0.717) is 28.9 Å². The molecule has 1 N–H and O–H groups in total. The topological polar surface area (TPSA) is 125 Å². The molecule has 2 aromatic heterocycles. The van der Waals surface area contributed by atoms with Crippen molar-refractivity contribution in [3.05, 3.63) is 64.5 Å². The minimum Gasteiger partial charge on any atom is -0.494 e. The summed E-state index contributed by atoms with van der Waals surface area (Å²) in [5.41, 5.74) is 1.08. The average molecular weight is 682 g/mol. The lowest BCUT2D eigenvalue weighted by atomic mass is 10.1. The molecular formula is C27H34BrFN6O5SSi. The number of aryl methyl sites for hydroxylation is 1. The van der Waals surface area contributed by atoms with Crippen LogP contribution >= 0.6 is 15.9 Å². The van der Waals surface area contributed by atoms with E-state index in [9.17, 15) is 17.9 Å². The van der Waals surface area contributed by atoms with Gasteiger partial charge in [-0.25, -0.2) is 17.1 Å². The van der Waals surface area contributed by atoms with Crippen LogP contribution in [0.15, 0.2) is 53.1 Å². The average Bonchev–Trinajstić information content (AvgIpc) is 3.53. The lowest BCUT2D eigenvalue weighted by Crippen LogP contribution is -2.40. The summed E-state index contributed by atoms with van der Waals surface area (Å²) in [6, 6.07) is 11.2. The van der Waals surface area contributed by atoms with Gasteiger partial charge in [0.15, 0.2) is 5.82 Å². The van der Waals surface area contributed by atoms with Crippen LogP contribution in [0, 0.1) is 5.82 Å². The van der Waals surface area contributed by atoms with Gasteiger partial charge in [-0.2, -0.15) is 5.10 Å². The summed E-state index contributed by atoms with van der Waals surface area (Å²) in [7, 11) is -1.26. The molecule has 0 fully saturated rings. The number of aromatic nitrogens is 5. The van der Waals surface area contributed by atoms with Crippen molar-refractivity contribution in [2.75, 3.05) is 30.8 Å². The van der Waals surface area contributed by atoms with Crippen LogP contribution in [-0.4, -0.2) is 72.7 Å². The van der Waals surface area contributed by atoms with Gasteiger partial charge in [-0.1, -0.05) is 47.7 Å². The lowest BCUT2D eigenvalue weighted by Gasteiger charge is -2.28. The molecule has 226 valence electrons. The van der Waals surface area contributed by atoms with Crippen LogP contribution in [0.25, 0.3) is 17.2 Å². The summed E-state index contributed by atoms with van der Waals surface area (Å²) in [5.74, 6) is -0.155. The van der Waals surface area contributed by atoms with Crippen LogP contribution < -0.4 is 13.8 Å². The number of halogens is 2. The first-order valence-electron chi connectivity index (χ1n) is 13.1. The summed E-state index contributed by atoms with van der Waals surface area (Å²) in [6.45, 7) is 6.49. The van der Waals surface area contributed by atoms with E-state index in [1.165, 1.54) is 36.7 Å². The van der Waals surface area contributed by atoms with E-state index in [1.54, 1.807) is 46.8 Å². The van der Waals surface area contributed by atoms with Crippen molar-refractivity contribution in [1.82, 2.24) is 24.5 Å². The van der Waals surface area contributed by atoms with Crippen molar-refractivity contribution in [2.45, 2.75) is 31.8 Å². The molecule has 15 heteroatoms. The highest BCUT2D eigenvalue weighted by Gasteiger charge is 2.35. The number of methoxy groups -OCH3 is 2. The number of ether oxygens (including phenoxy) is 2. The molecule has 0 unspecified atom stereocenters. The lowest BCUT2D eigenvalue weighted by molar-refractivity contribution is 0.200. The first kappa shape index (κ1) is 31.7. The molecule has 4 rings (SSSR count). The molecular weight excluding hydrogens is 647 g/mol. The third kappa shape index (κ3) is 6.85. The van der Waals surface area contributed by atoms with Crippen molar-refractivity contribution < 1.29 is 27.4 Å². The highest BCUT2D eigenvalue weighted by atomic mass is 79.9. The summed E-state index contributed by atoms with van der Waals surface area (Å²) in [6.07, 6.45) is 0.288. The summed E-state index contributed by atoms with van der Waals surface area (Å²) < 4.78 is 58.0. The summed E-state index contributed by atoms with van der Waals surface area (Å²) in [4.78, 5) is 0. The fourth-order valence-electron chi connectivity index (χ4n) is 4.35. The predicted octanol–water partition coefficient (Wildman–Crippen LogP) is 4.79. The molecule has 0 spiro atoms. The minimum absolute atomic E-state index is 0.0120. The van der Waals surface area contributed by atoms with E-state index in [2.05, 4.69) is 50.9 Å². The van der Waals surface area contributed by atoms with Gasteiger partial charge in [0, 0.05) is 32.3 Å². The zero-order valence-corrected chi connectivity index (χ0v) is 27.6. The maximum absolute atomic E-state index is 14.2. The Bertz CT molecular complexity index is 1650. The Hall–Kier alpha value is -3.27. The van der Waals surface area contributed by atoms with Crippen molar-refractivity contribution in [3.63, 3.8) is 0 Å². The van der Waals surface area contributed by atoms with Gasteiger partial charge in [0.05, 0.1) is 26.1 Å². The molecule has 4 aromatic rings. The number of para-hydroxylation sites is 1. The smallest absolute Gasteiger partial charge is 0.246 e. The van der Waals surface area contributed by atoms with Gasteiger partial charge in [-0.15, -0.1) is 10.2 Å². The highest BCUT2D eigenvalue weighted by molar-refractivity contribution is 9.10. The minimum atomic E-state index is -4.25. The zero-order valence-electron chi connectivity index (χ0n) is 24.2. The van der Waals surface area contributed by atoms with Crippen LogP contribution in [0.5, 0.6) is 11.5 Å². The molecule has 2 heterocycles. The molecule has 11 nitrogen and oxygen atoms in total. The second-order valence-corrected chi connectivity index (χ2v) is 19.3. The SMILES string of the molecule is COc1cccc(OC)c1-n1c(-c2ccn(C)n2)nnc1N(CC[Si](C)(C)C)S(=O)(=O)C[C@@H](O)c1ccc(F)cc1Br. The molecule has 0 aliphatic carbocycles. The largest absolute Gasteiger partial charge is 0.494 e. The van der Waals surface area contributed by atoms with Crippen molar-refractivity contribution in [3.8, 4) is 28.7 Å². The molecule has 0 aliphatic rings. The monoisotopic (exact) mass is 680 g/mol. The first-order chi connectivity index (χ1) is 19.8. The number of benzene rings is 2. The van der Waals surface area contributed by atoms with Crippen molar-refractivity contribution >= 4 is 40.0 Å². The number of hydrogen-bond acceptors (Lipinski definition) is 8. The highest BCUT2D eigenvalue weighted by Crippen LogP contribution is 2.39. The number of anilines is 1. The molecule has 0 amide bonds. The quantitative estimate of drug-likeness (QED) is 0.212. The number of aliphatic hydroxyl groups is 1. The Morgan fingerprint density at radius 2 is 1.76 bits per heavy atom. The fraction of sp³-hybridized carbons (Fsp3) is 0.370. The molecule has 1 atom stereocenters. The second-order valence-electron chi connectivity index (χ2n) is 10.9. The van der Waals surface area contributed by atoms with Crippen LogP contribution in [0.2, 0.25) is 25.7 Å². The summed E-state index contributed by atoms with van der Waals surface area (Å²) >= 11 is 3.23. The Morgan fingerprint density at radius 3 is 2.31 bits per heavy atom. The molecule has 0 bridgehead atoms. The van der Waals surface area contributed by atoms with E-state index in [1.807, 2.05) is 0 Å². The third-order valence-electron chi connectivity index (χ3n) is 6.53. The Morgan fingerprint density at radius 1 is 1.10 bits per heavy atom.